The summed E-state index contributed by atoms with van der Waals surface area (Å²) in [7, 11) is 0. The Kier molecular flexibility index (Phi) is 6.13. The maximum Gasteiger partial charge on any atom is 0.306 e. The van der Waals surface area contributed by atoms with Gasteiger partial charge < -0.3 is 14.7 Å². The van der Waals surface area contributed by atoms with Crippen LogP contribution in [0, 0.1) is 5.92 Å². The van der Waals surface area contributed by atoms with Gasteiger partial charge in [-0.15, -0.1) is 0 Å². The van der Waals surface area contributed by atoms with Crippen LogP contribution in [0.5, 0.6) is 5.75 Å². The molecular weight excluding hydrogens is 341 g/mol. The van der Waals surface area contributed by atoms with Gasteiger partial charge in [-0.05, 0) is 37.5 Å². The summed E-state index contributed by atoms with van der Waals surface area (Å²) in [5, 5.41) is 9.87. The van der Waals surface area contributed by atoms with Crippen molar-refractivity contribution in [2.45, 2.75) is 32.3 Å². The number of hydrogen-bond donors (Lipinski definition) is 1. The van der Waals surface area contributed by atoms with Gasteiger partial charge >= 0.3 is 5.97 Å². The van der Waals surface area contributed by atoms with E-state index in [9.17, 15) is 9.59 Å². The van der Waals surface area contributed by atoms with E-state index >= 15 is 0 Å². The first-order chi connectivity index (χ1) is 10.9. The van der Waals surface area contributed by atoms with Crippen molar-refractivity contribution in [3.63, 3.8) is 0 Å². The maximum atomic E-state index is 12.6. The number of ether oxygens (including phenoxy) is 1. The van der Waals surface area contributed by atoms with Crippen LogP contribution >= 0.6 is 23.2 Å². The summed E-state index contributed by atoms with van der Waals surface area (Å²) in [6.45, 7) is 2.73. The topological polar surface area (TPSA) is 66.8 Å². The number of nitrogens with zero attached hydrogens (tertiary/aromatic N) is 1. The van der Waals surface area contributed by atoms with Crippen LogP contribution in [0.4, 0.5) is 0 Å². The molecule has 1 aliphatic rings. The van der Waals surface area contributed by atoms with Crippen LogP contribution < -0.4 is 4.74 Å². The lowest BCUT2D eigenvalue weighted by molar-refractivity contribution is -0.147. The fourth-order valence-corrected chi connectivity index (χ4v) is 3.04. The largest absolute Gasteiger partial charge is 0.481 e. The summed E-state index contributed by atoms with van der Waals surface area (Å²) in [6, 6.07) is 4.85. The van der Waals surface area contributed by atoms with Gasteiger partial charge in [-0.3, -0.25) is 9.59 Å². The predicted octanol–water partition coefficient (Wildman–Crippen LogP) is 3.47. The second kappa shape index (κ2) is 7.88. The Hall–Kier alpha value is -1.46. The molecule has 0 aromatic heterocycles. The molecule has 1 fully saturated rings. The molecule has 1 aliphatic heterocycles. The first kappa shape index (κ1) is 17.9. The number of aliphatic carboxylic acids is 1. The number of likely N-dealkylation sites (tertiary alicyclic amines) is 1. The van der Waals surface area contributed by atoms with Gasteiger partial charge in [0.15, 0.2) is 6.10 Å². The highest BCUT2D eigenvalue weighted by molar-refractivity contribution is 6.35. The van der Waals surface area contributed by atoms with Crippen LogP contribution in [-0.2, 0) is 9.59 Å². The number of hydrogen-bond acceptors (Lipinski definition) is 3. The Bertz CT molecular complexity index is 585. The second-order valence-electron chi connectivity index (χ2n) is 5.53. The molecule has 0 unspecified atom stereocenters. The van der Waals surface area contributed by atoms with Gasteiger partial charge in [0, 0.05) is 18.1 Å². The number of amides is 1. The number of piperidine rings is 1. The molecule has 1 N–H and O–H groups in total. The molecule has 1 aromatic rings. The number of carbonyl (C=O) groups excluding carboxylic acids is 1. The first-order valence-corrected chi connectivity index (χ1v) is 8.31. The van der Waals surface area contributed by atoms with E-state index in [1.165, 1.54) is 0 Å². The van der Waals surface area contributed by atoms with E-state index < -0.39 is 12.1 Å². The highest BCUT2D eigenvalue weighted by atomic mass is 35.5. The molecule has 1 amide bonds. The van der Waals surface area contributed by atoms with Crippen LogP contribution in [0.2, 0.25) is 10.0 Å². The van der Waals surface area contributed by atoms with Crippen LogP contribution in [0.3, 0.4) is 0 Å². The zero-order valence-corrected chi connectivity index (χ0v) is 14.3. The van der Waals surface area contributed by atoms with E-state index in [2.05, 4.69) is 0 Å². The minimum absolute atomic E-state index is 0.137. The second-order valence-corrected chi connectivity index (χ2v) is 6.37. The molecule has 1 saturated heterocycles. The molecule has 23 heavy (non-hydrogen) atoms. The number of benzene rings is 1. The number of carboxylic acids is 1. The van der Waals surface area contributed by atoms with E-state index in [-0.39, 0.29) is 11.8 Å². The average Bonchev–Trinajstić information content (AvgIpc) is 2.53. The van der Waals surface area contributed by atoms with Gasteiger partial charge in [0.25, 0.3) is 5.91 Å². The smallest absolute Gasteiger partial charge is 0.306 e. The molecule has 126 valence electrons. The molecule has 7 heteroatoms. The lowest BCUT2D eigenvalue weighted by Crippen LogP contribution is -2.46. The Morgan fingerprint density at radius 2 is 2.00 bits per heavy atom. The highest BCUT2D eigenvalue weighted by Crippen LogP contribution is 2.29. The van der Waals surface area contributed by atoms with Gasteiger partial charge in [0.05, 0.1) is 10.9 Å². The van der Waals surface area contributed by atoms with E-state index in [4.69, 9.17) is 33.0 Å². The fraction of sp³-hybridized carbons (Fsp3) is 0.500. The fourth-order valence-electron chi connectivity index (χ4n) is 2.58. The molecule has 0 spiro atoms. The maximum absolute atomic E-state index is 12.6. The molecule has 0 bridgehead atoms. The number of carboxylic acid groups (broad SMARTS) is 1. The summed E-state index contributed by atoms with van der Waals surface area (Å²) >= 11 is 11.9. The molecule has 0 radical (unpaired) electrons. The third-order valence-electron chi connectivity index (χ3n) is 3.97. The summed E-state index contributed by atoms with van der Waals surface area (Å²) < 4.78 is 5.74. The van der Waals surface area contributed by atoms with Gasteiger partial charge in [0.2, 0.25) is 0 Å². The van der Waals surface area contributed by atoms with Crippen molar-refractivity contribution in [2.75, 3.05) is 13.1 Å². The zero-order chi connectivity index (χ0) is 17.0. The van der Waals surface area contributed by atoms with Crippen molar-refractivity contribution in [3.05, 3.63) is 28.2 Å². The third-order valence-corrected chi connectivity index (χ3v) is 4.50. The Balaban J connectivity index is 2.00. The van der Waals surface area contributed by atoms with Gasteiger partial charge in [-0.2, -0.15) is 0 Å². The Morgan fingerprint density at radius 3 is 2.52 bits per heavy atom. The van der Waals surface area contributed by atoms with Crippen LogP contribution in [0.15, 0.2) is 18.2 Å². The van der Waals surface area contributed by atoms with E-state index in [0.717, 1.165) is 0 Å². The first-order valence-electron chi connectivity index (χ1n) is 7.55. The molecule has 2 rings (SSSR count). The van der Waals surface area contributed by atoms with Crippen molar-refractivity contribution >= 4 is 35.1 Å². The zero-order valence-electron chi connectivity index (χ0n) is 12.8. The summed E-state index contributed by atoms with van der Waals surface area (Å²) in [6.07, 6.45) is 0.796. The van der Waals surface area contributed by atoms with E-state index in [1.807, 2.05) is 6.92 Å². The highest BCUT2D eigenvalue weighted by Gasteiger charge is 2.31. The average molecular weight is 360 g/mol. The Labute approximate surface area is 145 Å². The Morgan fingerprint density at radius 1 is 1.35 bits per heavy atom. The number of carbonyl (C=O) groups is 2. The molecule has 1 atom stereocenters. The normalized spacial score (nSPS) is 16.9. The van der Waals surface area contributed by atoms with Crippen molar-refractivity contribution < 1.29 is 19.4 Å². The standard InChI is InChI=1S/C16H19Cl2NO4/c1-2-13(23-14-4-3-11(17)9-12(14)18)15(20)19-7-5-10(6-8-19)16(21)22/h3-4,9-10,13H,2,5-8H2,1H3,(H,21,22)/t13-/m0/s1. The SMILES string of the molecule is CC[C@H](Oc1ccc(Cl)cc1Cl)C(=O)N1CCC(C(=O)O)CC1. The molecule has 1 aromatic carbocycles. The quantitative estimate of drug-likeness (QED) is 0.873. The van der Waals surface area contributed by atoms with Crippen LogP contribution in [0.1, 0.15) is 26.2 Å². The summed E-state index contributed by atoms with van der Waals surface area (Å²) in [5.74, 6) is -0.891. The summed E-state index contributed by atoms with van der Waals surface area (Å²) in [4.78, 5) is 25.2. The van der Waals surface area contributed by atoms with Gasteiger partial charge in [0.1, 0.15) is 5.75 Å². The third kappa shape index (κ3) is 4.52. The monoisotopic (exact) mass is 359 g/mol. The lowest BCUT2D eigenvalue weighted by atomic mass is 9.96. The predicted molar refractivity (Wildman–Crippen MR) is 88.1 cm³/mol. The van der Waals surface area contributed by atoms with Gasteiger partial charge in [-0.1, -0.05) is 30.1 Å². The van der Waals surface area contributed by atoms with E-state index in [1.54, 1.807) is 23.1 Å². The van der Waals surface area contributed by atoms with Crippen molar-refractivity contribution in [1.29, 1.82) is 0 Å². The molecular formula is C16H19Cl2NO4. The van der Waals surface area contributed by atoms with Crippen LogP contribution in [-0.4, -0.2) is 41.1 Å². The number of halogens is 2. The molecule has 5 nitrogen and oxygen atoms in total. The van der Waals surface area contributed by atoms with E-state index in [0.29, 0.717) is 48.1 Å². The molecule has 0 aliphatic carbocycles. The van der Waals surface area contributed by atoms with Crippen molar-refractivity contribution in [1.82, 2.24) is 4.90 Å². The minimum Gasteiger partial charge on any atom is -0.481 e. The lowest BCUT2D eigenvalue weighted by Gasteiger charge is -2.32. The molecule has 1 heterocycles. The minimum atomic E-state index is -0.798. The molecule has 0 saturated carbocycles. The summed E-state index contributed by atoms with van der Waals surface area (Å²) in [5.41, 5.74) is 0. The van der Waals surface area contributed by atoms with Crippen LogP contribution in [0.25, 0.3) is 0 Å². The van der Waals surface area contributed by atoms with Crippen molar-refractivity contribution in [3.8, 4) is 5.75 Å². The van der Waals surface area contributed by atoms with Crippen molar-refractivity contribution in [2.24, 2.45) is 5.92 Å². The van der Waals surface area contributed by atoms with Gasteiger partial charge in [-0.25, -0.2) is 0 Å². The number of rotatable bonds is 5.